The molecule has 0 spiro atoms. The average Bonchev–Trinajstić information content (AvgIpc) is 2.54. The van der Waals surface area contributed by atoms with Gasteiger partial charge in [0.1, 0.15) is 0 Å². The normalized spacial score (nSPS) is 11.6. The Morgan fingerprint density at radius 2 is 1.52 bits per heavy atom. The molecule has 0 atom stereocenters. The molecule has 2 nitrogen and oxygen atoms in total. The van der Waals surface area contributed by atoms with Crippen LogP contribution in [0, 0.1) is 0 Å². The second kappa shape index (κ2) is 10.7. The number of nitrogens with zero attached hydrogens (tertiary/aromatic N) is 2. The fourth-order valence-electron chi connectivity index (χ4n) is 3.03. The molecule has 0 aromatic carbocycles. The van der Waals surface area contributed by atoms with Crippen LogP contribution in [0.1, 0.15) is 65.1 Å². The van der Waals surface area contributed by atoms with E-state index in [-0.39, 0.29) is 0 Å². The van der Waals surface area contributed by atoms with E-state index in [4.69, 9.17) is 17.2 Å². The van der Waals surface area contributed by atoms with Gasteiger partial charge in [0.05, 0.1) is 0 Å². The van der Waals surface area contributed by atoms with Crippen LogP contribution in [0.5, 0.6) is 0 Å². The van der Waals surface area contributed by atoms with E-state index in [0.29, 0.717) is 0 Å². The van der Waals surface area contributed by atoms with Crippen molar-refractivity contribution in [1.29, 1.82) is 0 Å². The first-order valence-corrected chi connectivity index (χ1v) is 16.5. The first kappa shape index (κ1) is 19.0. The molecule has 0 bridgehead atoms. The van der Waals surface area contributed by atoms with Gasteiger partial charge in [0.15, 0.2) is 0 Å². The van der Waals surface area contributed by atoms with Crippen molar-refractivity contribution < 1.29 is 0 Å². The van der Waals surface area contributed by atoms with Gasteiger partial charge in [-0.05, 0) is 0 Å². The van der Waals surface area contributed by atoms with Gasteiger partial charge in [0.25, 0.3) is 0 Å². The van der Waals surface area contributed by atoms with Gasteiger partial charge >= 0.3 is 140 Å². The fraction of sp³-hybridized carbons (Fsp3) is 0.706. The first-order valence-electron chi connectivity index (χ1n) is 8.51. The van der Waals surface area contributed by atoms with Crippen molar-refractivity contribution in [2.75, 3.05) is 0 Å². The Kier molecular flexibility index (Phi) is 9.65. The Bertz CT molecular complexity index is 401. The van der Waals surface area contributed by atoms with E-state index >= 15 is 0 Å². The van der Waals surface area contributed by atoms with E-state index in [0.717, 1.165) is 5.82 Å². The topological polar surface area (TPSA) is 25.8 Å². The Morgan fingerprint density at radius 3 is 1.95 bits per heavy atom. The summed E-state index contributed by atoms with van der Waals surface area (Å²) in [5.74, 6) is 0.744. The van der Waals surface area contributed by atoms with Gasteiger partial charge in [-0.3, -0.25) is 0 Å². The number of hydrogen-bond donors (Lipinski definition) is 0. The zero-order valence-corrected chi connectivity index (χ0v) is 17.6. The van der Waals surface area contributed by atoms with Crippen molar-refractivity contribution >= 4 is 39.7 Å². The molecule has 1 aromatic rings. The quantitative estimate of drug-likeness (QED) is 0.382. The molecule has 0 N–H and O–H groups in total. The molecule has 21 heavy (non-hydrogen) atoms. The van der Waals surface area contributed by atoms with Crippen LogP contribution in [-0.4, -0.2) is 33.7 Å². The third-order valence-corrected chi connectivity index (χ3v) is 19.7. The molecule has 0 saturated carbocycles. The third-order valence-electron chi connectivity index (χ3n) is 4.35. The van der Waals surface area contributed by atoms with Crippen molar-refractivity contribution in [3.05, 3.63) is 18.1 Å². The molecule has 0 amide bonds. The fourth-order valence-corrected chi connectivity index (χ4v) is 18.5. The van der Waals surface area contributed by atoms with E-state index in [9.17, 15) is 0 Å². The number of rotatable bonds is 11. The summed E-state index contributed by atoms with van der Waals surface area (Å²) < 4.78 is 5.75. The Balaban J connectivity index is 3.11. The molecule has 0 unspecified atom stereocenters. The van der Waals surface area contributed by atoms with Gasteiger partial charge in [-0.2, -0.15) is 0 Å². The molecule has 0 saturated heterocycles. The molecule has 0 aliphatic carbocycles. The minimum absolute atomic E-state index is 0.744. The number of thiocarbonyl (C=S) groups is 1. The monoisotopic (exact) mass is 414 g/mol. The van der Waals surface area contributed by atoms with Crippen LogP contribution in [0.3, 0.4) is 0 Å². The van der Waals surface area contributed by atoms with Gasteiger partial charge in [-0.15, -0.1) is 0 Å². The van der Waals surface area contributed by atoms with Crippen molar-refractivity contribution in [2.45, 2.75) is 72.6 Å². The molecule has 0 aliphatic heterocycles. The summed E-state index contributed by atoms with van der Waals surface area (Å²) in [4.78, 5) is 9.12. The summed E-state index contributed by atoms with van der Waals surface area (Å²) in [6, 6.07) is 2.21. The molecular weight excluding hydrogens is 383 g/mol. The van der Waals surface area contributed by atoms with Crippen LogP contribution in [0.15, 0.2) is 12.3 Å². The molecule has 4 heteroatoms. The zero-order valence-electron chi connectivity index (χ0n) is 13.9. The second-order valence-corrected chi connectivity index (χ2v) is 19.3. The van der Waals surface area contributed by atoms with Crippen LogP contribution < -0.4 is 3.71 Å². The molecule has 1 aromatic heterocycles. The van der Waals surface area contributed by atoms with Crippen LogP contribution >= 0.6 is 12.2 Å². The predicted octanol–water partition coefficient (Wildman–Crippen LogP) is 4.88. The second-order valence-electron chi connectivity index (χ2n) is 6.01. The van der Waals surface area contributed by atoms with Crippen molar-refractivity contribution in [3.63, 3.8) is 0 Å². The molecular formula is C17H30N2SSn. The van der Waals surface area contributed by atoms with E-state index in [1.807, 2.05) is 6.20 Å². The zero-order chi connectivity index (χ0) is 15.6. The Morgan fingerprint density at radius 1 is 1.00 bits per heavy atom. The molecule has 1 heterocycles. The SMILES string of the molecule is CCC[CH2][Sn]([CH2]CCC)([CH2]CCC)[c]1ccnc(C=S)n1. The predicted molar refractivity (Wildman–Crippen MR) is 99.3 cm³/mol. The number of unbranched alkanes of at least 4 members (excludes halogenated alkanes) is 3. The van der Waals surface area contributed by atoms with Crippen molar-refractivity contribution in [2.24, 2.45) is 0 Å². The van der Waals surface area contributed by atoms with Gasteiger partial charge < -0.3 is 0 Å². The molecule has 0 fully saturated rings. The average molecular weight is 413 g/mol. The van der Waals surface area contributed by atoms with E-state index in [2.05, 4.69) is 31.8 Å². The van der Waals surface area contributed by atoms with Crippen molar-refractivity contribution in [3.8, 4) is 0 Å². The van der Waals surface area contributed by atoms with Crippen LogP contribution in [0.4, 0.5) is 0 Å². The minimum atomic E-state index is -2.38. The summed E-state index contributed by atoms with van der Waals surface area (Å²) in [6.07, 6.45) is 9.89. The standard InChI is InChI=1S/C5H3N2S.3C4H9.Sn/c8-4-5-6-2-1-3-7-5;3*1-3-4-2;/h1-2,4H;3*1,3-4H2,2H3;. The number of aromatic nitrogens is 2. The summed E-state index contributed by atoms with van der Waals surface area (Å²) in [5, 5.41) is 1.62. The van der Waals surface area contributed by atoms with E-state index in [1.165, 1.54) is 55.5 Å². The molecule has 0 radical (unpaired) electrons. The van der Waals surface area contributed by atoms with Crippen LogP contribution in [0.25, 0.3) is 0 Å². The molecule has 0 aliphatic rings. The van der Waals surface area contributed by atoms with Crippen LogP contribution in [0.2, 0.25) is 13.3 Å². The first-order chi connectivity index (χ1) is 10.2. The maximum absolute atomic E-state index is 5.04. The summed E-state index contributed by atoms with van der Waals surface area (Å²) >= 11 is 2.66. The van der Waals surface area contributed by atoms with E-state index < -0.39 is 18.4 Å². The van der Waals surface area contributed by atoms with E-state index in [1.54, 1.807) is 5.37 Å². The number of hydrogen-bond acceptors (Lipinski definition) is 3. The molecule has 118 valence electrons. The maximum atomic E-state index is 5.04. The van der Waals surface area contributed by atoms with Gasteiger partial charge in [0.2, 0.25) is 0 Å². The molecule has 1 rings (SSSR count). The Hall–Kier alpha value is -0.0313. The summed E-state index contributed by atoms with van der Waals surface area (Å²) in [7, 11) is 0. The van der Waals surface area contributed by atoms with Gasteiger partial charge in [0, 0.05) is 0 Å². The van der Waals surface area contributed by atoms with Gasteiger partial charge in [-0.25, -0.2) is 0 Å². The Labute approximate surface area is 140 Å². The van der Waals surface area contributed by atoms with Gasteiger partial charge in [-0.1, -0.05) is 0 Å². The summed E-state index contributed by atoms with van der Waals surface area (Å²) in [6.45, 7) is 6.91. The summed E-state index contributed by atoms with van der Waals surface area (Å²) in [5.41, 5.74) is 0. The van der Waals surface area contributed by atoms with Crippen molar-refractivity contribution in [1.82, 2.24) is 9.97 Å². The van der Waals surface area contributed by atoms with Crippen LogP contribution in [-0.2, 0) is 0 Å². The third kappa shape index (κ3) is 5.93.